The van der Waals surface area contributed by atoms with E-state index in [-0.39, 0.29) is 21.4 Å². The van der Waals surface area contributed by atoms with Crippen LogP contribution in [0.4, 0.5) is 4.39 Å². The van der Waals surface area contributed by atoms with Gasteiger partial charge in [-0.05, 0) is 38.1 Å². The number of hydrogen-bond donors (Lipinski definition) is 1. The van der Waals surface area contributed by atoms with Crippen molar-refractivity contribution in [3.8, 4) is 11.8 Å². The van der Waals surface area contributed by atoms with E-state index in [1.807, 2.05) is 41.1 Å². The summed E-state index contributed by atoms with van der Waals surface area (Å²) in [5, 5.41) is 20.1. The van der Waals surface area contributed by atoms with E-state index in [2.05, 4.69) is 19.9 Å². The summed E-state index contributed by atoms with van der Waals surface area (Å²) >= 11 is 0. The number of sulfone groups is 1. The van der Waals surface area contributed by atoms with Gasteiger partial charge in [0.1, 0.15) is 16.5 Å². The molecule has 5 rings (SSSR count). The molecule has 0 fully saturated rings. The first-order valence-corrected chi connectivity index (χ1v) is 12.1. The van der Waals surface area contributed by atoms with Gasteiger partial charge in [-0.15, -0.1) is 0 Å². The van der Waals surface area contributed by atoms with E-state index in [1.165, 1.54) is 18.2 Å². The zero-order valence-electron chi connectivity index (χ0n) is 18.4. The number of benzene rings is 2. The second-order valence-corrected chi connectivity index (χ2v) is 10.6. The average molecular weight is 472 g/mol. The maximum absolute atomic E-state index is 15.0. The number of nitriles is 1. The molecule has 0 saturated carbocycles. The zero-order chi connectivity index (χ0) is 24.3. The molecule has 2 aliphatic heterocycles. The van der Waals surface area contributed by atoms with Crippen molar-refractivity contribution in [1.29, 1.82) is 5.26 Å². The Morgan fingerprint density at radius 1 is 1.12 bits per heavy atom. The number of allylic oxidation sites excluding steroid dienone is 4. The molecule has 5 nitrogen and oxygen atoms in total. The highest BCUT2D eigenvalue weighted by molar-refractivity contribution is 7.96. The molecule has 0 bridgehead atoms. The van der Waals surface area contributed by atoms with E-state index in [1.54, 1.807) is 12.1 Å². The summed E-state index contributed by atoms with van der Waals surface area (Å²) in [6, 6.07) is 19.6. The molecule has 0 saturated heterocycles. The van der Waals surface area contributed by atoms with Crippen LogP contribution in [0, 0.1) is 11.3 Å². The summed E-state index contributed by atoms with van der Waals surface area (Å²) in [5.41, 5.74) is 3.51. The minimum absolute atomic E-state index is 0.0388. The molecule has 0 aliphatic carbocycles. The molecule has 0 amide bonds. The van der Waals surface area contributed by atoms with Crippen molar-refractivity contribution in [2.24, 2.45) is 0 Å². The highest BCUT2D eigenvalue weighted by atomic mass is 32.2. The number of halogens is 1. The minimum atomic E-state index is -4.05. The number of pyridine rings is 1. The molecule has 0 atom stereocenters. The fourth-order valence-electron chi connectivity index (χ4n) is 4.62. The maximum Gasteiger partial charge on any atom is 0.215 e. The third-order valence-electron chi connectivity index (χ3n) is 6.37. The van der Waals surface area contributed by atoms with E-state index in [9.17, 15) is 23.2 Å². The molecule has 0 spiro atoms. The molecule has 7 heteroatoms. The molecule has 34 heavy (non-hydrogen) atoms. The van der Waals surface area contributed by atoms with E-state index < -0.39 is 26.3 Å². The van der Waals surface area contributed by atoms with Crippen LogP contribution in [-0.2, 0) is 15.3 Å². The second kappa shape index (κ2) is 7.51. The van der Waals surface area contributed by atoms with Gasteiger partial charge >= 0.3 is 0 Å². The first-order valence-electron chi connectivity index (χ1n) is 10.6. The van der Waals surface area contributed by atoms with Gasteiger partial charge in [0.2, 0.25) is 15.5 Å². The lowest BCUT2D eigenvalue weighted by atomic mass is 9.82. The van der Waals surface area contributed by atoms with Gasteiger partial charge in [0.25, 0.3) is 0 Å². The van der Waals surface area contributed by atoms with Gasteiger partial charge in [-0.2, -0.15) is 9.83 Å². The molecular formula is C27H20FN2O3S+. The third kappa shape index (κ3) is 3.11. The SMILES string of the molecule is CC1(C)c2ccccc2-[n+]2ccc(/C(C#N)=C/C(F)=C/C3=C(O)c4ccccc4S3(=O)=O)cc21. The van der Waals surface area contributed by atoms with Crippen LogP contribution in [-0.4, -0.2) is 13.5 Å². The quantitative estimate of drug-likeness (QED) is 0.328. The normalized spacial score (nSPS) is 17.7. The molecule has 168 valence electrons. The Bertz CT molecular complexity index is 1620. The molecule has 0 radical (unpaired) electrons. The Morgan fingerprint density at radius 3 is 2.56 bits per heavy atom. The number of rotatable bonds is 3. The second-order valence-electron chi connectivity index (χ2n) is 8.72. The van der Waals surface area contributed by atoms with Crippen molar-refractivity contribution in [3.63, 3.8) is 0 Å². The van der Waals surface area contributed by atoms with Crippen LogP contribution < -0.4 is 4.57 Å². The molecule has 2 aliphatic rings. The molecule has 3 heterocycles. The van der Waals surface area contributed by atoms with Gasteiger partial charge in [0.15, 0.2) is 11.9 Å². The summed E-state index contributed by atoms with van der Waals surface area (Å²) < 4.78 is 42.5. The van der Waals surface area contributed by atoms with Gasteiger partial charge < -0.3 is 5.11 Å². The molecular weight excluding hydrogens is 451 g/mol. The average Bonchev–Trinajstić information content (AvgIpc) is 3.17. The van der Waals surface area contributed by atoms with Gasteiger partial charge in [0, 0.05) is 34.9 Å². The Balaban J connectivity index is 1.56. The zero-order valence-corrected chi connectivity index (χ0v) is 19.3. The van der Waals surface area contributed by atoms with Crippen molar-refractivity contribution < 1.29 is 22.5 Å². The third-order valence-corrected chi connectivity index (χ3v) is 8.19. The molecule has 1 N–H and O–H groups in total. The Morgan fingerprint density at radius 2 is 1.82 bits per heavy atom. The van der Waals surface area contributed by atoms with Crippen LogP contribution in [0.15, 0.2) is 94.6 Å². The molecule has 3 aromatic rings. The van der Waals surface area contributed by atoms with Gasteiger partial charge in [-0.1, -0.05) is 30.3 Å². The van der Waals surface area contributed by atoms with E-state index in [0.717, 1.165) is 29.1 Å². The number of aliphatic hydroxyl groups excluding tert-OH is 1. The monoisotopic (exact) mass is 471 g/mol. The largest absolute Gasteiger partial charge is 0.506 e. The predicted octanol–water partition coefficient (Wildman–Crippen LogP) is 5.08. The summed E-state index contributed by atoms with van der Waals surface area (Å²) in [6.07, 6.45) is 3.58. The number of nitrogens with zero attached hydrogens (tertiary/aromatic N) is 2. The number of hydrogen-bond acceptors (Lipinski definition) is 4. The number of aliphatic hydroxyl groups is 1. The van der Waals surface area contributed by atoms with E-state index >= 15 is 0 Å². The van der Waals surface area contributed by atoms with Crippen LogP contribution in [0.25, 0.3) is 17.0 Å². The predicted molar refractivity (Wildman–Crippen MR) is 126 cm³/mol. The molecule has 0 unspecified atom stereocenters. The maximum atomic E-state index is 15.0. The molecule has 2 aromatic carbocycles. The first kappa shape index (κ1) is 21.8. The van der Waals surface area contributed by atoms with E-state index in [0.29, 0.717) is 5.56 Å². The summed E-state index contributed by atoms with van der Waals surface area (Å²) in [4.78, 5) is -0.602. The van der Waals surface area contributed by atoms with E-state index in [4.69, 9.17) is 0 Å². The van der Waals surface area contributed by atoms with Gasteiger partial charge in [0.05, 0.1) is 22.0 Å². The van der Waals surface area contributed by atoms with Crippen LogP contribution in [0.5, 0.6) is 0 Å². The highest BCUT2D eigenvalue weighted by Crippen LogP contribution is 2.40. The lowest BCUT2D eigenvalue weighted by Gasteiger charge is -2.14. The lowest BCUT2D eigenvalue weighted by molar-refractivity contribution is -0.599. The fourth-order valence-corrected chi connectivity index (χ4v) is 6.20. The van der Waals surface area contributed by atoms with Crippen molar-refractivity contribution >= 4 is 21.2 Å². The summed E-state index contributed by atoms with van der Waals surface area (Å²) in [7, 11) is -4.05. The van der Waals surface area contributed by atoms with Gasteiger partial charge in [-0.25, -0.2) is 12.8 Å². The standard InChI is InChI=1S/C27H19FN2O3S/c1-27(2)21-8-4-5-9-22(21)30-12-11-17(14-25(27)30)18(16-29)13-19(28)15-24-26(31)20-7-3-6-10-23(20)34(24,32)33/h3-15H,1-2H3/p+1. The van der Waals surface area contributed by atoms with Crippen LogP contribution in [0.2, 0.25) is 0 Å². The fraction of sp³-hybridized carbons (Fsp3) is 0.111. The minimum Gasteiger partial charge on any atom is -0.506 e. The Labute approximate surface area is 197 Å². The summed E-state index contributed by atoms with van der Waals surface area (Å²) in [6.45, 7) is 4.17. The first-order chi connectivity index (χ1) is 16.2. The lowest BCUT2D eigenvalue weighted by Crippen LogP contribution is -2.34. The Hall–Kier alpha value is -4.02. The smallest absolute Gasteiger partial charge is 0.215 e. The van der Waals surface area contributed by atoms with Crippen LogP contribution >= 0.6 is 0 Å². The molecule has 1 aromatic heterocycles. The highest BCUT2D eigenvalue weighted by Gasteiger charge is 2.43. The number of aromatic nitrogens is 1. The topological polar surface area (TPSA) is 82.0 Å². The van der Waals surface area contributed by atoms with Crippen molar-refractivity contribution in [2.45, 2.75) is 24.2 Å². The van der Waals surface area contributed by atoms with Crippen molar-refractivity contribution in [2.75, 3.05) is 0 Å². The number of fused-ring (bicyclic) bond motifs is 4. The number of para-hydroxylation sites is 1. The van der Waals surface area contributed by atoms with Crippen LogP contribution in [0.1, 0.15) is 36.2 Å². The van der Waals surface area contributed by atoms with Crippen LogP contribution in [0.3, 0.4) is 0 Å². The van der Waals surface area contributed by atoms with Gasteiger partial charge in [-0.3, -0.25) is 0 Å². The summed E-state index contributed by atoms with van der Waals surface area (Å²) in [5.74, 6) is -1.46. The Kier molecular flexibility index (Phi) is 4.81. The van der Waals surface area contributed by atoms with Crippen molar-refractivity contribution in [1.82, 2.24) is 0 Å². The van der Waals surface area contributed by atoms with Crippen molar-refractivity contribution in [3.05, 3.63) is 112 Å².